The standard InChI is InChI=1S/C26H40N3OP/c1-17(2)28(18(3)4)26(30)29-24-16-20(6)19(5)15-23(24)27-25(29)31(21-11-7-8-12-21)22-13-9-10-14-22/h15-18,21-22H,7-14H2,1-6H3. The fourth-order valence-corrected chi connectivity index (χ4v) is 9.56. The molecule has 1 heterocycles. The molecule has 2 saturated carbocycles. The second-order valence-electron chi connectivity index (χ2n) is 10.3. The summed E-state index contributed by atoms with van der Waals surface area (Å²) in [6, 6.07) is 4.84. The number of rotatable bonds is 5. The number of aromatic nitrogens is 2. The average Bonchev–Trinajstić information content (AvgIpc) is 3.44. The molecule has 2 aliphatic rings. The Morgan fingerprint density at radius 1 is 0.935 bits per heavy atom. The van der Waals surface area contributed by atoms with E-state index in [0.717, 1.165) is 27.9 Å². The lowest BCUT2D eigenvalue weighted by molar-refractivity contribution is 0.168. The minimum atomic E-state index is -0.436. The number of nitrogens with zero attached hydrogens (tertiary/aromatic N) is 3. The second-order valence-corrected chi connectivity index (χ2v) is 13.0. The number of hydrogen-bond donors (Lipinski definition) is 0. The van der Waals surface area contributed by atoms with Crippen molar-refractivity contribution in [1.29, 1.82) is 0 Å². The van der Waals surface area contributed by atoms with Gasteiger partial charge in [0.05, 0.1) is 11.0 Å². The highest BCUT2D eigenvalue weighted by Crippen LogP contribution is 2.56. The van der Waals surface area contributed by atoms with Gasteiger partial charge in [-0.15, -0.1) is 0 Å². The zero-order chi connectivity index (χ0) is 22.3. The maximum Gasteiger partial charge on any atom is 0.330 e. The summed E-state index contributed by atoms with van der Waals surface area (Å²) >= 11 is 0. The summed E-state index contributed by atoms with van der Waals surface area (Å²) in [4.78, 5) is 21.4. The van der Waals surface area contributed by atoms with Crippen molar-refractivity contribution in [2.24, 2.45) is 0 Å². The molecule has 31 heavy (non-hydrogen) atoms. The Morgan fingerprint density at radius 2 is 1.42 bits per heavy atom. The first-order valence-electron chi connectivity index (χ1n) is 12.4. The van der Waals surface area contributed by atoms with Gasteiger partial charge < -0.3 is 4.90 Å². The van der Waals surface area contributed by atoms with Gasteiger partial charge in [-0.3, -0.25) is 0 Å². The molecule has 0 spiro atoms. The number of imidazole rings is 1. The van der Waals surface area contributed by atoms with Crippen LogP contribution in [0.5, 0.6) is 0 Å². The van der Waals surface area contributed by atoms with Crippen molar-refractivity contribution in [1.82, 2.24) is 14.5 Å². The monoisotopic (exact) mass is 441 g/mol. The fourth-order valence-electron chi connectivity index (χ4n) is 5.82. The van der Waals surface area contributed by atoms with E-state index >= 15 is 0 Å². The summed E-state index contributed by atoms with van der Waals surface area (Å²) in [5.41, 5.74) is 7.09. The Hall–Kier alpha value is -1.41. The molecule has 0 radical (unpaired) electrons. The molecule has 0 unspecified atom stereocenters. The fraction of sp³-hybridized carbons (Fsp3) is 0.692. The highest BCUT2D eigenvalue weighted by molar-refractivity contribution is 7.66. The average molecular weight is 442 g/mol. The number of fused-ring (bicyclic) bond motifs is 1. The molecular weight excluding hydrogens is 401 g/mol. The Bertz CT molecular complexity index is 912. The SMILES string of the molecule is Cc1cc2nc(P(C3CCCC3)C3CCCC3)n(C(=O)N(C(C)C)C(C)C)c2cc1C. The second kappa shape index (κ2) is 9.22. The summed E-state index contributed by atoms with van der Waals surface area (Å²) in [5, 5.41) is 0. The van der Waals surface area contributed by atoms with Crippen LogP contribution >= 0.6 is 7.92 Å². The number of aryl methyl sites for hydroxylation is 2. The molecule has 0 bridgehead atoms. The van der Waals surface area contributed by atoms with Crippen LogP contribution in [0.2, 0.25) is 0 Å². The third-order valence-electron chi connectivity index (χ3n) is 7.44. The third-order valence-corrected chi connectivity index (χ3v) is 10.8. The summed E-state index contributed by atoms with van der Waals surface area (Å²) in [6.07, 6.45) is 10.6. The Morgan fingerprint density at radius 3 is 1.90 bits per heavy atom. The molecule has 2 aromatic rings. The van der Waals surface area contributed by atoms with Gasteiger partial charge >= 0.3 is 6.03 Å². The maximum absolute atomic E-state index is 14.1. The van der Waals surface area contributed by atoms with Crippen molar-refractivity contribution in [3.05, 3.63) is 23.3 Å². The van der Waals surface area contributed by atoms with Crippen LogP contribution < -0.4 is 5.57 Å². The minimum absolute atomic E-state index is 0.120. The van der Waals surface area contributed by atoms with E-state index in [1.165, 1.54) is 62.5 Å². The Balaban J connectivity index is 1.92. The zero-order valence-electron chi connectivity index (χ0n) is 20.3. The first kappa shape index (κ1) is 22.8. The third kappa shape index (κ3) is 4.30. The summed E-state index contributed by atoms with van der Waals surface area (Å²) in [6.45, 7) is 12.8. The predicted octanol–water partition coefficient (Wildman–Crippen LogP) is 6.73. The largest absolute Gasteiger partial charge is 0.330 e. The van der Waals surface area contributed by atoms with E-state index in [1.807, 2.05) is 4.90 Å². The van der Waals surface area contributed by atoms with E-state index in [-0.39, 0.29) is 18.1 Å². The van der Waals surface area contributed by atoms with E-state index in [4.69, 9.17) is 4.98 Å². The number of benzene rings is 1. The van der Waals surface area contributed by atoms with Crippen molar-refractivity contribution in [2.75, 3.05) is 0 Å². The lowest BCUT2D eigenvalue weighted by Crippen LogP contribution is -2.47. The quantitative estimate of drug-likeness (QED) is 0.482. The van der Waals surface area contributed by atoms with E-state index in [1.54, 1.807) is 0 Å². The van der Waals surface area contributed by atoms with E-state index < -0.39 is 7.92 Å². The molecule has 4 rings (SSSR count). The van der Waals surface area contributed by atoms with E-state index in [2.05, 4.69) is 58.2 Å². The van der Waals surface area contributed by atoms with Crippen LogP contribution in [0, 0.1) is 13.8 Å². The first-order chi connectivity index (χ1) is 14.8. The van der Waals surface area contributed by atoms with Crippen LogP contribution in [0.4, 0.5) is 4.79 Å². The van der Waals surface area contributed by atoms with Crippen LogP contribution in [0.3, 0.4) is 0 Å². The molecule has 0 saturated heterocycles. The van der Waals surface area contributed by atoms with Crippen LogP contribution in [-0.2, 0) is 0 Å². The van der Waals surface area contributed by atoms with Gasteiger partial charge in [0, 0.05) is 12.1 Å². The topological polar surface area (TPSA) is 38.1 Å². The minimum Gasteiger partial charge on any atom is -0.319 e. The highest BCUT2D eigenvalue weighted by atomic mass is 31.1. The van der Waals surface area contributed by atoms with Crippen molar-refractivity contribution < 1.29 is 4.79 Å². The van der Waals surface area contributed by atoms with Crippen LogP contribution in [0.15, 0.2) is 12.1 Å². The molecule has 1 amide bonds. The summed E-state index contributed by atoms with van der Waals surface area (Å²) < 4.78 is 2.06. The van der Waals surface area contributed by atoms with Crippen LogP contribution in [-0.4, -0.2) is 43.9 Å². The van der Waals surface area contributed by atoms with Gasteiger partial charge in [0.25, 0.3) is 0 Å². The van der Waals surface area contributed by atoms with Gasteiger partial charge in [-0.25, -0.2) is 14.3 Å². The molecule has 1 aromatic carbocycles. The predicted molar refractivity (Wildman–Crippen MR) is 133 cm³/mol. The molecule has 0 N–H and O–H groups in total. The van der Waals surface area contributed by atoms with Crippen LogP contribution in [0.25, 0.3) is 11.0 Å². The lowest BCUT2D eigenvalue weighted by Gasteiger charge is -2.34. The Kier molecular flexibility index (Phi) is 6.77. The van der Waals surface area contributed by atoms with Gasteiger partial charge in [-0.1, -0.05) is 25.7 Å². The molecule has 1 aromatic heterocycles. The normalized spacial score (nSPS) is 18.4. The maximum atomic E-state index is 14.1. The number of carbonyl (C=O) groups is 1. The molecule has 170 valence electrons. The van der Waals surface area contributed by atoms with E-state index in [9.17, 15) is 4.79 Å². The van der Waals surface area contributed by atoms with Crippen molar-refractivity contribution in [3.63, 3.8) is 0 Å². The first-order valence-corrected chi connectivity index (χ1v) is 13.9. The van der Waals surface area contributed by atoms with Crippen molar-refractivity contribution in [3.8, 4) is 0 Å². The molecule has 4 nitrogen and oxygen atoms in total. The number of carbonyl (C=O) groups excluding carboxylic acids is 1. The van der Waals surface area contributed by atoms with E-state index in [0.29, 0.717) is 0 Å². The molecule has 2 aliphatic carbocycles. The van der Waals surface area contributed by atoms with Gasteiger partial charge in [0.2, 0.25) is 0 Å². The van der Waals surface area contributed by atoms with Gasteiger partial charge in [-0.05, 0) is 110 Å². The molecular formula is C26H40N3OP. The molecule has 0 atom stereocenters. The van der Waals surface area contributed by atoms with Crippen molar-refractivity contribution >= 4 is 30.6 Å². The molecule has 2 fully saturated rings. The Labute approximate surface area is 189 Å². The number of hydrogen-bond acceptors (Lipinski definition) is 2. The number of amides is 1. The molecule has 5 heteroatoms. The van der Waals surface area contributed by atoms with Gasteiger partial charge in [0.1, 0.15) is 5.57 Å². The van der Waals surface area contributed by atoms with Gasteiger partial charge in [-0.2, -0.15) is 0 Å². The lowest BCUT2D eigenvalue weighted by atomic mass is 10.1. The van der Waals surface area contributed by atoms with Crippen molar-refractivity contribution in [2.45, 2.75) is 116 Å². The summed E-state index contributed by atoms with van der Waals surface area (Å²) in [5.74, 6) is 0. The van der Waals surface area contributed by atoms with Gasteiger partial charge in [0.15, 0.2) is 0 Å². The zero-order valence-corrected chi connectivity index (χ0v) is 21.2. The molecule has 0 aliphatic heterocycles. The van der Waals surface area contributed by atoms with Crippen LogP contribution in [0.1, 0.15) is 90.2 Å². The smallest absolute Gasteiger partial charge is 0.319 e. The summed E-state index contributed by atoms with van der Waals surface area (Å²) in [7, 11) is -0.436. The highest BCUT2D eigenvalue weighted by Gasteiger charge is 2.39.